The molecule has 1 aromatic heterocycles. The average molecular weight is 255 g/mol. The predicted octanol–water partition coefficient (Wildman–Crippen LogP) is 1.58. The standard InChI is InChI=1S/C11H11ClN2O3/c1-7(15)13-4-2-3-8-5-9(11(16)17)6-14-10(8)12/h2-3,5-6H,4H2,1H3,(H,13,15)(H,16,17). The second-order valence-electron chi connectivity index (χ2n) is 3.25. The van der Waals surface area contributed by atoms with Crippen molar-refractivity contribution in [2.45, 2.75) is 6.92 Å². The Hall–Kier alpha value is -1.88. The fourth-order valence-electron chi connectivity index (χ4n) is 1.09. The summed E-state index contributed by atoms with van der Waals surface area (Å²) in [5.74, 6) is -1.20. The van der Waals surface area contributed by atoms with Crippen LogP contribution in [0, 0.1) is 0 Å². The van der Waals surface area contributed by atoms with Gasteiger partial charge in [0.15, 0.2) is 0 Å². The molecule has 0 unspecified atom stereocenters. The van der Waals surface area contributed by atoms with Gasteiger partial charge < -0.3 is 10.4 Å². The minimum atomic E-state index is -1.06. The number of amides is 1. The van der Waals surface area contributed by atoms with Crippen molar-refractivity contribution in [2.24, 2.45) is 0 Å². The molecule has 6 heteroatoms. The van der Waals surface area contributed by atoms with Crippen molar-refractivity contribution in [1.29, 1.82) is 0 Å². The van der Waals surface area contributed by atoms with Gasteiger partial charge in [0.25, 0.3) is 0 Å². The van der Waals surface area contributed by atoms with Crippen LogP contribution in [0.5, 0.6) is 0 Å². The molecule has 1 amide bonds. The average Bonchev–Trinajstić information content (AvgIpc) is 2.25. The summed E-state index contributed by atoms with van der Waals surface area (Å²) in [6, 6.07) is 1.42. The van der Waals surface area contributed by atoms with E-state index in [-0.39, 0.29) is 16.6 Å². The van der Waals surface area contributed by atoms with Gasteiger partial charge in [-0.25, -0.2) is 9.78 Å². The lowest BCUT2D eigenvalue weighted by atomic mass is 10.2. The van der Waals surface area contributed by atoms with E-state index in [0.717, 1.165) is 0 Å². The number of carboxylic acid groups (broad SMARTS) is 1. The zero-order chi connectivity index (χ0) is 12.8. The Labute approximate surface area is 103 Å². The monoisotopic (exact) mass is 254 g/mol. The highest BCUT2D eigenvalue weighted by molar-refractivity contribution is 6.30. The van der Waals surface area contributed by atoms with Crippen molar-refractivity contribution < 1.29 is 14.7 Å². The van der Waals surface area contributed by atoms with Gasteiger partial charge in [-0.05, 0) is 6.07 Å². The highest BCUT2D eigenvalue weighted by Gasteiger charge is 2.06. The highest BCUT2D eigenvalue weighted by Crippen LogP contribution is 2.15. The SMILES string of the molecule is CC(=O)NCC=Cc1cc(C(=O)O)cnc1Cl. The van der Waals surface area contributed by atoms with Gasteiger partial charge in [0.1, 0.15) is 5.15 Å². The van der Waals surface area contributed by atoms with Gasteiger partial charge in [0, 0.05) is 25.2 Å². The van der Waals surface area contributed by atoms with Crippen molar-refractivity contribution in [3.05, 3.63) is 34.6 Å². The smallest absolute Gasteiger partial charge is 0.337 e. The van der Waals surface area contributed by atoms with Gasteiger partial charge in [-0.15, -0.1) is 0 Å². The Morgan fingerprint density at radius 3 is 2.88 bits per heavy atom. The van der Waals surface area contributed by atoms with E-state index in [2.05, 4.69) is 10.3 Å². The Morgan fingerprint density at radius 1 is 1.59 bits per heavy atom. The van der Waals surface area contributed by atoms with Crippen LogP contribution in [0.2, 0.25) is 5.15 Å². The summed E-state index contributed by atoms with van der Waals surface area (Å²) >= 11 is 5.80. The molecule has 2 N–H and O–H groups in total. The molecule has 0 spiro atoms. The van der Waals surface area contributed by atoms with E-state index in [1.165, 1.54) is 19.2 Å². The Morgan fingerprint density at radius 2 is 2.29 bits per heavy atom. The van der Waals surface area contributed by atoms with E-state index >= 15 is 0 Å². The molecule has 1 heterocycles. The Bertz CT molecular complexity index is 472. The van der Waals surface area contributed by atoms with E-state index in [0.29, 0.717) is 12.1 Å². The summed E-state index contributed by atoms with van der Waals surface area (Å²) in [6.07, 6.45) is 4.46. The number of halogens is 1. The highest BCUT2D eigenvalue weighted by atomic mass is 35.5. The number of carbonyl (C=O) groups is 2. The summed E-state index contributed by atoms with van der Waals surface area (Å²) in [7, 11) is 0. The second kappa shape index (κ2) is 6.00. The van der Waals surface area contributed by atoms with Crippen molar-refractivity contribution in [2.75, 3.05) is 6.54 Å². The number of pyridine rings is 1. The number of nitrogens with one attached hydrogen (secondary N) is 1. The van der Waals surface area contributed by atoms with E-state index in [1.807, 2.05) is 0 Å². The van der Waals surface area contributed by atoms with Crippen LogP contribution in [0.3, 0.4) is 0 Å². The van der Waals surface area contributed by atoms with Crippen LogP contribution in [0.4, 0.5) is 0 Å². The zero-order valence-corrected chi connectivity index (χ0v) is 9.86. The molecule has 90 valence electrons. The molecule has 0 aliphatic rings. The minimum Gasteiger partial charge on any atom is -0.478 e. The number of aromatic carboxylic acids is 1. The summed E-state index contributed by atoms with van der Waals surface area (Å²) in [6.45, 7) is 1.76. The first-order chi connectivity index (χ1) is 8.00. The van der Waals surface area contributed by atoms with Gasteiger partial charge in [-0.3, -0.25) is 4.79 Å². The number of aromatic nitrogens is 1. The molecule has 0 aliphatic carbocycles. The lowest BCUT2D eigenvalue weighted by molar-refractivity contribution is -0.118. The van der Waals surface area contributed by atoms with E-state index in [4.69, 9.17) is 16.7 Å². The van der Waals surface area contributed by atoms with E-state index < -0.39 is 5.97 Å². The van der Waals surface area contributed by atoms with Gasteiger partial charge in [0.2, 0.25) is 5.91 Å². The zero-order valence-electron chi connectivity index (χ0n) is 9.11. The van der Waals surface area contributed by atoms with Crippen molar-refractivity contribution in [1.82, 2.24) is 10.3 Å². The second-order valence-corrected chi connectivity index (χ2v) is 3.61. The normalized spacial score (nSPS) is 10.5. The van der Waals surface area contributed by atoms with Gasteiger partial charge in [0.05, 0.1) is 5.56 Å². The first-order valence-electron chi connectivity index (χ1n) is 4.80. The molecular formula is C11H11ClN2O3. The number of carboxylic acids is 1. The van der Waals surface area contributed by atoms with Gasteiger partial charge >= 0.3 is 5.97 Å². The largest absolute Gasteiger partial charge is 0.478 e. The Kier molecular flexibility index (Phi) is 4.66. The number of carbonyl (C=O) groups excluding carboxylic acids is 1. The van der Waals surface area contributed by atoms with Gasteiger partial charge in [-0.1, -0.05) is 23.8 Å². The van der Waals surface area contributed by atoms with Crippen LogP contribution < -0.4 is 5.32 Å². The molecule has 5 nitrogen and oxygen atoms in total. The third kappa shape index (κ3) is 4.24. The van der Waals surface area contributed by atoms with Crippen LogP contribution in [0.15, 0.2) is 18.3 Å². The molecule has 0 radical (unpaired) electrons. The van der Waals surface area contributed by atoms with Crippen LogP contribution in [-0.4, -0.2) is 28.5 Å². The van der Waals surface area contributed by atoms with Crippen LogP contribution in [0.25, 0.3) is 6.08 Å². The lowest BCUT2D eigenvalue weighted by Crippen LogP contribution is -2.19. The summed E-state index contributed by atoms with van der Waals surface area (Å²) in [5, 5.41) is 11.6. The predicted molar refractivity (Wildman–Crippen MR) is 63.9 cm³/mol. The number of nitrogens with zero attached hydrogens (tertiary/aromatic N) is 1. The third-order valence-corrected chi connectivity index (χ3v) is 2.20. The molecular weight excluding hydrogens is 244 g/mol. The van der Waals surface area contributed by atoms with Crippen molar-refractivity contribution >= 4 is 29.6 Å². The molecule has 0 saturated carbocycles. The molecule has 0 saturated heterocycles. The van der Waals surface area contributed by atoms with Crippen molar-refractivity contribution in [3.63, 3.8) is 0 Å². The fraction of sp³-hybridized carbons (Fsp3) is 0.182. The maximum atomic E-state index is 10.7. The molecule has 0 bridgehead atoms. The number of hydrogen-bond donors (Lipinski definition) is 2. The number of hydrogen-bond acceptors (Lipinski definition) is 3. The van der Waals surface area contributed by atoms with Gasteiger partial charge in [-0.2, -0.15) is 0 Å². The first kappa shape index (κ1) is 13.2. The topological polar surface area (TPSA) is 79.3 Å². The first-order valence-corrected chi connectivity index (χ1v) is 5.18. The number of rotatable bonds is 4. The van der Waals surface area contributed by atoms with Crippen LogP contribution in [0.1, 0.15) is 22.8 Å². The molecule has 0 atom stereocenters. The fourth-order valence-corrected chi connectivity index (χ4v) is 1.25. The quantitative estimate of drug-likeness (QED) is 0.800. The molecule has 17 heavy (non-hydrogen) atoms. The molecule has 0 aliphatic heterocycles. The van der Waals surface area contributed by atoms with Crippen molar-refractivity contribution in [3.8, 4) is 0 Å². The van der Waals surface area contributed by atoms with Crippen LogP contribution >= 0.6 is 11.6 Å². The van der Waals surface area contributed by atoms with Crippen LogP contribution in [-0.2, 0) is 4.79 Å². The lowest BCUT2D eigenvalue weighted by Gasteiger charge is -2.00. The summed E-state index contributed by atoms with van der Waals surface area (Å²) in [4.78, 5) is 25.1. The Balaban J connectivity index is 2.79. The summed E-state index contributed by atoms with van der Waals surface area (Å²) < 4.78 is 0. The summed E-state index contributed by atoms with van der Waals surface area (Å²) in [5.41, 5.74) is 0.561. The van der Waals surface area contributed by atoms with E-state index in [1.54, 1.807) is 12.2 Å². The van der Waals surface area contributed by atoms with E-state index in [9.17, 15) is 9.59 Å². The maximum Gasteiger partial charge on any atom is 0.337 e. The molecule has 0 aromatic carbocycles. The molecule has 1 aromatic rings. The molecule has 1 rings (SSSR count). The third-order valence-electron chi connectivity index (χ3n) is 1.88. The minimum absolute atomic E-state index is 0.0635. The molecule has 0 fully saturated rings. The maximum absolute atomic E-state index is 10.7.